The maximum absolute atomic E-state index is 5.63. The van der Waals surface area contributed by atoms with E-state index in [4.69, 9.17) is 15.3 Å². The van der Waals surface area contributed by atoms with E-state index in [0.29, 0.717) is 17.5 Å². The number of ether oxygens (including phenoxy) is 2. The van der Waals surface area contributed by atoms with E-state index < -0.39 is 6.04 Å². The second kappa shape index (κ2) is 6.07. The van der Waals surface area contributed by atoms with Crippen molar-refractivity contribution < 1.29 is 9.47 Å². The normalized spacial score (nSPS) is 11.9. The van der Waals surface area contributed by atoms with Gasteiger partial charge in [0.2, 0.25) is 11.8 Å². The number of hydrogen-bond donors (Lipinski definition) is 2. The fraction of sp³-hybridized carbons (Fsp3) is 0.250. The van der Waals surface area contributed by atoms with Crippen molar-refractivity contribution in [3.05, 3.63) is 42.0 Å². The maximum Gasteiger partial charge on any atom is 0.237 e. The average molecular weight is 261 g/mol. The molecule has 0 aliphatic carbocycles. The summed E-state index contributed by atoms with van der Waals surface area (Å²) in [5.41, 5.74) is 4.01. The van der Waals surface area contributed by atoms with Crippen LogP contribution in [0, 0.1) is 0 Å². The fourth-order valence-electron chi connectivity index (χ4n) is 1.80. The molecule has 1 atom stereocenters. The summed E-state index contributed by atoms with van der Waals surface area (Å²) in [7, 11) is 3.08. The molecule has 0 aromatic carbocycles. The van der Waals surface area contributed by atoms with Crippen LogP contribution in [0.3, 0.4) is 0 Å². The first-order valence-corrected chi connectivity index (χ1v) is 5.61. The van der Waals surface area contributed by atoms with Crippen LogP contribution in [0.2, 0.25) is 0 Å². The third kappa shape index (κ3) is 2.61. The van der Waals surface area contributed by atoms with Crippen molar-refractivity contribution in [3.8, 4) is 11.8 Å². The van der Waals surface area contributed by atoms with Gasteiger partial charge in [0.1, 0.15) is 5.69 Å². The molecule has 0 amide bonds. The minimum atomic E-state index is -0.424. The average Bonchev–Trinajstić information content (AvgIpc) is 2.49. The molecule has 0 aliphatic rings. The van der Waals surface area contributed by atoms with Gasteiger partial charge in [0.05, 0.1) is 20.3 Å². The summed E-state index contributed by atoms with van der Waals surface area (Å²) in [4.78, 5) is 12.5. The van der Waals surface area contributed by atoms with Gasteiger partial charge in [-0.15, -0.1) is 0 Å². The largest absolute Gasteiger partial charge is 0.481 e. The third-order valence-electron chi connectivity index (χ3n) is 2.63. The van der Waals surface area contributed by atoms with Crippen LogP contribution in [0.15, 0.2) is 30.7 Å². The van der Waals surface area contributed by atoms with Crippen LogP contribution in [-0.2, 0) is 0 Å². The molecule has 100 valence electrons. The van der Waals surface area contributed by atoms with E-state index in [2.05, 4.69) is 20.4 Å². The van der Waals surface area contributed by atoms with E-state index in [9.17, 15) is 0 Å². The number of rotatable bonds is 5. The standard InChI is InChI=1S/C12H15N5O2/c1-18-11-8(4-3-5-15-11)9(17-13)10-12(19-2)16-7-6-14-10/h3-7,9,17H,13H2,1-2H3. The highest BCUT2D eigenvalue weighted by Crippen LogP contribution is 2.30. The summed E-state index contributed by atoms with van der Waals surface area (Å²) in [6, 6.07) is 3.22. The zero-order chi connectivity index (χ0) is 13.7. The van der Waals surface area contributed by atoms with Crippen molar-refractivity contribution in [3.63, 3.8) is 0 Å². The van der Waals surface area contributed by atoms with E-state index in [1.165, 1.54) is 7.11 Å². The molecular weight excluding hydrogens is 246 g/mol. The van der Waals surface area contributed by atoms with Crippen molar-refractivity contribution >= 4 is 0 Å². The van der Waals surface area contributed by atoms with Gasteiger partial charge in [-0.25, -0.2) is 15.4 Å². The first-order valence-electron chi connectivity index (χ1n) is 5.61. The van der Waals surface area contributed by atoms with Crippen molar-refractivity contribution in [2.45, 2.75) is 6.04 Å². The third-order valence-corrected chi connectivity index (χ3v) is 2.63. The Morgan fingerprint density at radius 1 is 1.05 bits per heavy atom. The van der Waals surface area contributed by atoms with Crippen LogP contribution in [-0.4, -0.2) is 29.2 Å². The van der Waals surface area contributed by atoms with Crippen molar-refractivity contribution in [2.24, 2.45) is 5.84 Å². The molecule has 2 aromatic heterocycles. The number of nitrogens with one attached hydrogen (secondary N) is 1. The van der Waals surface area contributed by atoms with Crippen molar-refractivity contribution in [2.75, 3.05) is 14.2 Å². The number of pyridine rings is 1. The van der Waals surface area contributed by atoms with Crippen LogP contribution >= 0.6 is 0 Å². The number of nitrogens with two attached hydrogens (primary N) is 1. The molecule has 0 radical (unpaired) electrons. The van der Waals surface area contributed by atoms with Gasteiger partial charge in [-0.3, -0.25) is 10.8 Å². The molecule has 0 aliphatic heterocycles. The quantitative estimate of drug-likeness (QED) is 0.595. The molecule has 19 heavy (non-hydrogen) atoms. The lowest BCUT2D eigenvalue weighted by Gasteiger charge is -2.18. The van der Waals surface area contributed by atoms with Crippen LogP contribution in [0.25, 0.3) is 0 Å². The monoisotopic (exact) mass is 261 g/mol. The first-order chi connectivity index (χ1) is 9.31. The summed E-state index contributed by atoms with van der Waals surface area (Å²) in [6.45, 7) is 0. The predicted octanol–water partition coefficient (Wildman–Crippen LogP) is 0.441. The number of hydrogen-bond acceptors (Lipinski definition) is 7. The lowest BCUT2D eigenvalue weighted by molar-refractivity contribution is 0.373. The molecule has 0 fully saturated rings. The zero-order valence-electron chi connectivity index (χ0n) is 10.7. The molecule has 0 bridgehead atoms. The maximum atomic E-state index is 5.63. The van der Waals surface area contributed by atoms with Gasteiger partial charge in [0.25, 0.3) is 0 Å². The van der Waals surface area contributed by atoms with Crippen LogP contribution in [0.1, 0.15) is 17.3 Å². The Balaban J connectivity index is 2.50. The minimum absolute atomic E-state index is 0.399. The van der Waals surface area contributed by atoms with E-state index >= 15 is 0 Å². The fourth-order valence-corrected chi connectivity index (χ4v) is 1.80. The van der Waals surface area contributed by atoms with Gasteiger partial charge in [-0.05, 0) is 6.07 Å². The second-order valence-corrected chi connectivity index (χ2v) is 3.65. The summed E-state index contributed by atoms with van der Waals surface area (Å²) < 4.78 is 10.4. The lowest BCUT2D eigenvalue weighted by Crippen LogP contribution is -2.30. The van der Waals surface area contributed by atoms with E-state index in [1.54, 1.807) is 31.8 Å². The Hall–Kier alpha value is -2.25. The molecule has 3 N–H and O–H groups in total. The SMILES string of the molecule is COc1ncccc1C(NN)c1nccnc1OC. The lowest BCUT2D eigenvalue weighted by atomic mass is 10.1. The predicted molar refractivity (Wildman–Crippen MR) is 68.5 cm³/mol. The summed E-state index contributed by atoms with van der Waals surface area (Å²) >= 11 is 0. The Morgan fingerprint density at radius 3 is 2.42 bits per heavy atom. The first kappa shape index (κ1) is 13.2. The number of hydrazine groups is 1. The molecular formula is C12H15N5O2. The van der Waals surface area contributed by atoms with Crippen molar-refractivity contribution in [1.29, 1.82) is 0 Å². The molecule has 1 unspecified atom stereocenters. The highest BCUT2D eigenvalue weighted by atomic mass is 16.5. The van der Waals surface area contributed by atoms with Gasteiger partial charge in [-0.1, -0.05) is 6.07 Å². The minimum Gasteiger partial charge on any atom is -0.481 e. The Bertz CT molecular complexity index is 502. The number of methoxy groups -OCH3 is 2. The van der Waals surface area contributed by atoms with E-state index in [-0.39, 0.29) is 0 Å². The second-order valence-electron chi connectivity index (χ2n) is 3.65. The topological polar surface area (TPSA) is 95.2 Å². The number of aromatic nitrogens is 3. The Kier molecular flexibility index (Phi) is 4.22. The molecule has 2 heterocycles. The van der Waals surface area contributed by atoms with Crippen LogP contribution in [0.5, 0.6) is 11.8 Å². The van der Waals surface area contributed by atoms with Gasteiger partial charge in [-0.2, -0.15) is 0 Å². The Labute approximate surface area is 110 Å². The molecule has 2 rings (SSSR count). The smallest absolute Gasteiger partial charge is 0.237 e. The van der Waals surface area contributed by atoms with Crippen molar-refractivity contribution in [1.82, 2.24) is 20.4 Å². The van der Waals surface area contributed by atoms with Gasteiger partial charge >= 0.3 is 0 Å². The highest BCUT2D eigenvalue weighted by molar-refractivity contribution is 5.37. The molecule has 2 aromatic rings. The van der Waals surface area contributed by atoms with Gasteiger partial charge in [0.15, 0.2) is 0 Å². The molecule has 7 heteroatoms. The molecule has 0 saturated heterocycles. The number of nitrogens with zero attached hydrogens (tertiary/aromatic N) is 3. The van der Waals surface area contributed by atoms with Gasteiger partial charge in [0, 0.05) is 24.2 Å². The molecule has 0 saturated carbocycles. The van der Waals surface area contributed by atoms with Crippen LogP contribution in [0.4, 0.5) is 0 Å². The highest BCUT2D eigenvalue weighted by Gasteiger charge is 2.23. The van der Waals surface area contributed by atoms with E-state index in [0.717, 1.165) is 5.56 Å². The summed E-state index contributed by atoms with van der Waals surface area (Å²) in [5.74, 6) is 6.50. The summed E-state index contributed by atoms with van der Waals surface area (Å²) in [5, 5.41) is 0. The summed E-state index contributed by atoms with van der Waals surface area (Å²) in [6.07, 6.45) is 4.77. The van der Waals surface area contributed by atoms with Gasteiger partial charge < -0.3 is 9.47 Å². The molecule has 7 nitrogen and oxygen atoms in total. The Morgan fingerprint density at radius 2 is 1.74 bits per heavy atom. The van der Waals surface area contributed by atoms with E-state index in [1.807, 2.05) is 6.07 Å². The zero-order valence-corrected chi connectivity index (χ0v) is 10.7. The van der Waals surface area contributed by atoms with Crippen LogP contribution < -0.4 is 20.7 Å². The molecule has 0 spiro atoms.